The number of benzene rings is 1. The minimum absolute atomic E-state index is 0.224. The van der Waals surface area contributed by atoms with Crippen LogP contribution < -0.4 is 15.8 Å². The number of carbonyl (C=O) groups excluding carboxylic acids is 1. The Hall–Kier alpha value is -2.22. The van der Waals surface area contributed by atoms with Crippen LogP contribution in [0.2, 0.25) is 0 Å². The lowest BCUT2D eigenvalue weighted by atomic mass is 10.2. The van der Waals surface area contributed by atoms with Crippen molar-refractivity contribution >= 4 is 11.6 Å². The number of nitrogens with zero attached hydrogens (tertiary/aromatic N) is 1. The molecule has 0 aliphatic carbocycles. The van der Waals surface area contributed by atoms with Crippen LogP contribution in [0.5, 0.6) is 5.75 Å². The Morgan fingerprint density at radius 1 is 1.62 bits per heavy atom. The molecule has 16 heavy (non-hydrogen) atoms. The number of nitriles is 1. The summed E-state index contributed by atoms with van der Waals surface area (Å²) in [5, 5.41) is 11.8. The van der Waals surface area contributed by atoms with Gasteiger partial charge in [-0.15, -0.1) is 0 Å². The van der Waals surface area contributed by atoms with Crippen LogP contribution in [0, 0.1) is 11.3 Å². The van der Waals surface area contributed by atoms with Gasteiger partial charge < -0.3 is 15.8 Å². The zero-order chi connectivity index (χ0) is 12.0. The average Bonchev–Trinajstić information content (AvgIpc) is 2.28. The topological polar surface area (TPSA) is 88.1 Å². The number of carbonyl (C=O) groups is 1. The predicted octanol–water partition coefficient (Wildman–Crippen LogP) is 0.854. The van der Waals surface area contributed by atoms with E-state index in [2.05, 4.69) is 11.4 Å². The van der Waals surface area contributed by atoms with E-state index in [0.717, 1.165) is 0 Å². The highest BCUT2D eigenvalue weighted by Crippen LogP contribution is 2.21. The molecule has 0 fully saturated rings. The monoisotopic (exact) mass is 219 g/mol. The van der Waals surface area contributed by atoms with E-state index in [-0.39, 0.29) is 12.3 Å². The molecule has 0 spiro atoms. The second-order valence-corrected chi connectivity index (χ2v) is 3.17. The molecule has 0 aromatic heterocycles. The van der Waals surface area contributed by atoms with E-state index >= 15 is 0 Å². The van der Waals surface area contributed by atoms with Gasteiger partial charge in [0, 0.05) is 19.0 Å². The van der Waals surface area contributed by atoms with E-state index in [4.69, 9.17) is 15.7 Å². The molecule has 5 heteroatoms. The van der Waals surface area contributed by atoms with Crippen molar-refractivity contribution in [1.82, 2.24) is 0 Å². The molecule has 0 saturated carbocycles. The molecule has 5 nitrogen and oxygen atoms in total. The molecule has 0 unspecified atom stereocenters. The zero-order valence-corrected chi connectivity index (χ0v) is 8.99. The number of hydrogen-bond acceptors (Lipinski definition) is 4. The first kappa shape index (κ1) is 11.9. The van der Waals surface area contributed by atoms with Crippen molar-refractivity contribution in [2.45, 2.75) is 6.42 Å². The number of amides is 1. The third-order valence-corrected chi connectivity index (χ3v) is 2.03. The largest absolute Gasteiger partial charge is 0.497 e. The lowest BCUT2D eigenvalue weighted by molar-refractivity contribution is -0.117. The maximum Gasteiger partial charge on any atom is 0.219 e. The van der Waals surface area contributed by atoms with Gasteiger partial charge >= 0.3 is 0 Å². The Morgan fingerprint density at radius 2 is 2.38 bits per heavy atom. The smallest absolute Gasteiger partial charge is 0.219 e. The van der Waals surface area contributed by atoms with Crippen molar-refractivity contribution in [2.75, 3.05) is 19.0 Å². The van der Waals surface area contributed by atoms with Crippen LogP contribution in [0.3, 0.4) is 0 Å². The van der Waals surface area contributed by atoms with Crippen LogP contribution in [0.4, 0.5) is 5.69 Å². The number of methoxy groups -OCH3 is 1. The fraction of sp³-hybridized carbons (Fsp3) is 0.273. The van der Waals surface area contributed by atoms with Crippen LogP contribution in [0.15, 0.2) is 18.2 Å². The van der Waals surface area contributed by atoms with Crippen LogP contribution >= 0.6 is 0 Å². The molecule has 0 aliphatic rings. The summed E-state index contributed by atoms with van der Waals surface area (Å²) in [4.78, 5) is 10.6. The highest BCUT2D eigenvalue weighted by Gasteiger charge is 2.03. The number of nitrogens with two attached hydrogens (primary N) is 1. The van der Waals surface area contributed by atoms with Gasteiger partial charge in [-0.25, -0.2) is 0 Å². The van der Waals surface area contributed by atoms with Gasteiger partial charge in [-0.2, -0.15) is 5.26 Å². The molecule has 1 aromatic carbocycles. The Bertz CT molecular complexity index is 424. The second kappa shape index (κ2) is 5.61. The van der Waals surface area contributed by atoms with Crippen molar-refractivity contribution in [3.8, 4) is 11.8 Å². The number of rotatable bonds is 5. The second-order valence-electron chi connectivity index (χ2n) is 3.17. The van der Waals surface area contributed by atoms with Gasteiger partial charge in [0.1, 0.15) is 11.8 Å². The molecule has 84 valence electrons. The van der Waals surface area contributed by atoms with Gasteiger partial charge in [-0.1, -0.05) is 0 Å². The first-order valence-electron chi connectivity index (χ1n) is 4.77. The highest BCUT2D eigenvalue weighted by atomic mass is 16.5. The number of anilines is 1. The lowest BCUT2D eigenvalue weighted by Crippen LogP contribution is -2.16. The van der Waals surface area contributed by atoms with Gasteiger partial charge in [0.2, 0.25) is 5.91 Å². The number of nitrogens with one attached hydrogen (secondary N) is 1. The summed E-state index contributed by atoms with van der Waals surface area (Å²) in [7, 11) is 1.55. The first-order chi connectivity index (χ1) is 7.67. The molecule has 0 atom stereocenters. The van der Waals surface area contributed by atoms with Crippen LogP contribution in [-0.4, -0.2) is 19.6 Å². The van der Waals surface area contributed by atoms with Gasteiger partial charge in [0.25, 0.3) is 0 Å². The van der Waals surface area contributed by atoms with Gasteiger partial charge in [-0.05, 0) is 12.1 Å². The van der Waals surface area contributed by atoms with Crippen molar-refractivity contribution < 1.29 is 9.53 Å². The van der Waals surface area contributed by atoms with Gasteiger partial charge in [0.15, 0.2) is 0 Å². The Balaban J connectivity index is 2.76. The SMILES string of the molecule is COc1ccc(C#N)c(NCCC(N)=O)c1. The average molecular weight is 219 g/mol. The van der Waals surface area contributed by atoms with E-state index in [0.29, 0.717) is 23.5 Å². The van der Waals surface area contributed by atoms with Crippen LogP contribution in [-0.2, 0) is 4.79 Å². The summed E-state index contributed by atoms with van der Waals surface area (Å²) < 4.78 is 5.04. The van der Waals surface area contributed by atoms with Crippen molar-refractivity contribution in [2.24, 2.45) is 5.73 Å². The van der Waals surface area contributed by atoms with Crippen molar-refractivity contribution in [1.29, 1.82) is 5.26 Å². The molecular formula is C11H13N3O2. The summed E-state index contributed by atoms with van der Waals surface area (Å²) in [6.45, 7) is 0.400. The van der Waals surface area contributed by atoms with E-state index in [1.165, 1.54) is 0 Å². The molecule has 1 amide bonds. The summed E-state index contributed by atoms with van der Waals surface area (Å²) in [6.07, 6.45) is 0.224. The van der Waals surface area contributed by atoms with Crippen molar-refractivity contribution in [3.63, 3.8) is 0 Å². The molecule has 0 radical (unpaired) electrons. The molecule has 0 saturated heterocycles. The fourth-order valence-corrected chi connectivity index (χ4v) is 1.21. The maximum atomic E-state index is 10.6. The molecule has 0 heterocycles. The third-order valence-electron chi connectivity index (χ3n) is 2.03. The Morgan fingerprint density at radius 3 is 2.94 bits per heavy atom. The molecule has 1 aromatic rings. The van der Waals surface area contributed by atoms with Crippen molar-refractivity contribution in [3.05, 3.63) is 23.8 Å². The van der Waals surface area contributed by atoms with Gasteiger partial charge in [0.05, 0.1) is 18.4 Å². The normalized spacial score (nSPS) is 9.25. The Kier molecular flexibility index (Phi) is 4.16. The number of primary amides is 1. The standard InChI is InChI=1S/C11H13N3O2/c1-16-9-3-2-8(7-12)10(6-9)14-5-4-11(13)15/h2-3,6,14H,4-5H2,1H3,(H2,13,15). The Labute approximate surface area is 93.8 Å². The maximum absolute atomic E-state index is 10.6. The summed E-state index contributed by atoms with van der Waals surface area (Å²) in [5.41, 5.74) is 6.16. The molecular weight excluding hydrogens is 206 g/mol. The predicted molar refractivity (Wildman–Crippen MR) is 60.0 cm³/mol. The lowest BCUT2D eigenvalue weighted by Gasteiger charge is -2.08. The fourth-order valence-electron chi connectivity index (χ4n) is 1.21. The van der Waals surface area contributed by atoms with E-state index in [1.807, 2.05) is 0 Å². The molecule has 0 bridgehead atoms. The van der Waals surface area contributed by atoms with E-state index < -0.39 is 0 Å². The van der Waals surface area contributed by atoms with E-state index in [1.54, 1.807) is 25.3 Å². The number of hydrogen-bond donors (Lipinski definition) is 2. The third kappa shape index (κ3) is 3.17. The summed E-state index contributed by atoms with van der Waals surface area (Å²) in [6, 6.07) is 7.12. The minimum Gasteiger partial charge on any atom is -0.497 e. The van der Waals surface area contributed by atoms with E-state index in [9.17, 15) is 4.79 Å². The molecule has 1 rings (SSSR count). The highest BCUT2D eigenvalue weighted by molar-refractivity contribution is 5.74. The summed E-state index contributed by atoms with van der Waals surface area (Å²) >= 11 is 0. The minimum atomic E-state index is -0.381. The quantitative estimate of drug-likeness (QED) is 0.768. The number of ether oxygens (including phenoxy) is 1. The van der Waals surface area contributed by atoms with Crippen LogP contribution in [0.1, 0.15) is 12.0 Å². The summed E-state index contributed by atoms with van der Waals surface area (Å²) in [5.74, 6) is 0.273. The zero-order valence-electron chi connectivity index (χ0n) is 8.99. The molecule has 0 aliphatic heterocycles. The first-order valence-corrected chi connectivity index (χ1v) is 4.77. The molecule has 3 N–H and O–H groups in total. The van der Waals surface area contributed by atoms with Gasteiger partial charge in [-0.3, -0.25) is 4.79 Å². The van der Waals surface area contributed by atoms with Crippen LogP contribution in [0.25, 0.3) is 0 Å².